The van der Waals surface area contributed by atoms with Crippen molar-refractivity contribution < 1.29 is 14.2 Å². The lowest BCUT2D eigenvalue weighted by atomic mass is 9.97. The van der Waals surface area contributed by atoms with Crippen molar-refractivity contribution in [1.82, 2.24) is 9.97 Å². The Morgan fingerprint density at radius 3 is 2.65 bits per heavy atom. The molecule has 4 aromatic rings. The van der Waals surface area contributed by atoms with Gasteiger partial charge in [-0.15, -0.1) is 11.3 Å². The minimum absolute atomic E-state index is 0.0805. The van der Waals surface area contributed by atoms with Crippen LogP contribution in [0.3, 0.4) is 0 Å². The zero-order valence-corrected chi connectivity index (χ0v) is 21.5. The predicted molar refractivity (Wildman–Crippen MR) is 139 cm³/mol. The van der Waals surface area contributed by atoms with E-state index in [1.165, 1.54) is 22.4 Å². The number of aryl methyl sites for hydroxylation is 3. The summed E-state index contributed by atoms with van der Waals surface area (Å²) in [6.45, 7) is 2.79. The van der Waals surface area contributed by atoms with Crippen LogP contribution >= 0.6 is 27.3 Å². The van der Waals surface area contributed by atoms with Crippen LogP contribution in [-0.2, 0) is 12.8 Å². The predicted octanol–water partition coefficient (Wildman–Crippen LogP) is 6.07. The summed E-state index contributed by atoms with van der Waals surface area (Å²) in [5.74, 6) is 2.45. The molecule has 2 aromatic carbocycles. The average Bonchev–Trinajstić information content (AvgIpc) is 3.22. The van der Waals surface area contributed by atoms with Gasteiger partial charge < -0.3 is 19.2 Å². The second-order valence-corrected chi connectivity index (χ2v) is 10.2. The monoisotopic (exact) mass is 540 g/mol. The number of hydrogen-bond acceptors (Lipinski definition) is 6. The number of ether oxygens (including phenoxy) is 3. The van der Waals surface area contributed by atoms with E-state index < -0.39 is 0 Å². The van der Waals surface area contributed by atoms with Crippen molar-refractivity contribution in [1.29, 1.82) is 0 Å². The molecule has 2 aromatic heterocycles. The third-order valence-electron chi connectivity index (χ3n) is 5.95. The van der Waals surface area contributed by atoms with Crippen LogP contribution in [0.5, 0.6) is 17.2 Å². The van der Waals surface area contributed by atoms with E-state index in [0.29, 0.717) is 35.0 Å². The van der Waals surface area contributed by atoms with Crippen molar-refractivity contribution >= 4 is 37.5 Å². The number of H-pyrrole nitrogens is 1. The van der Waals surface area contributed by atoms with Crippen molar-refractivity contribution in [3.63, 3.8) is 0 Å². The molecule has 1 N–H and O–H groups in total. The molecule has 0 unspecified atom stereocenters. The van der Waals surface area contributed by atoms with Gasteiger partial charge in [0.15, 0.2) is 11.5 Å². The number of rotatable bonds is 7. The van der Waals surface area contributed by atoms with Crippen molar-refractivity contribution in [2.75, 3.05) is 20.3 Å². The highest BCUT2D eigenvalue weighted by molar-refractivity contribution is 9.10. The van der Waals surface area contributed by atoms with Crippen LogP contribution in [0.4, 0.5) is 0 Å². The molecule has 2 heterocycles. The first-order valence-corrected chi connectivity index (χ1v) is 12.9. The number of thiophene rings is 1. The number of benzene rings is 2. The highest BCUT2D eigenvalue weighted by Crippen LogP contribution is 2.40. The van der Waals surface area contributed by atoms with Gasteiger partial charge in [-0.05, 0) is 78.4 Å². The number of aromatic nitrogens is 2. The van der Waals surface area contributed by atoms with Crippen molar-refractivity contribution in [2.24, 2.45) is 0 Å². The summed E-state index contributed by atoms with van der Waals surface area (Å²) in [4.78, 5) is 22.8. The van der Waals surface area contributed by atoms with Gasteiger partial charge >= 0.3 is 0 Å². The molecule has 0 spiro atoms. The zero-order valence-electron chi connectivity index (χ0n) is 19.1. The molecule has 0 aliphatic heterocycles. The molecular weight excluding hydrogens is 516 g/mol. The van der Waals surface area contributed by atoms with E-state index in [0.717, 1.165) is 40.8 Å². The lowest BCUT2D eigenvalue weighted by Crippen LogP contribution is -2.12. The molecule has 0 amide bonds. The molecule has 0 radical (unpaired) electrons. The van der Waals surface area contributed by atoms with E-state index in [1.807, 2.05) is 43.3 Å². The Balaban J connectivity index is 1.37. The largest absolute Gasteiger partial charge is 0.493 e. The molecular formula is C26H25BrN2O4S. The third-order valence-corrected chi connectivity index (χ3v) is 7.72. The minimum Gasteiger partial charge on any atom is -0.493 e. The lowest BCUT2D eigenvalue weighted by Gasteiger charge is -2.15. The van der Waals surface area contributed by atoms with Crippen LogP contribution in [0.15, 0.2) is 45.7 Å². The van der Waals surface area contributed by atoms with Crippen LogP contribution in [-0.4, -0.2) is 30.3 Å². The maximum absolute atomic E-state index is 13.0. The van der Waals surface area contributed by atoms with Gasteiger partial charge in [-0.2, -0.15) is 0 Å². The first kappa shape index (κ1) is 22.9. The first-order valence-electron chi connectivity index (χ1n) is 11.3. The number of methoxy groups -OCH3 is 1. The van der Waals surface area contributed by atoms with Crippen LogP contribution < -0.4 is 19.8 Å². The van der Waals surface area contributed by atoms with Gasteiger partial charge in [0.2, 0.25) is 0 Å². The Labute approximate surface area is 210 Å². The number of aromatic amines is 1. The quantitative estimate of drug-likeness (QED) is 0.288. The van der Waals surface area contributed by atoms with Gasteiger partial charge in [0.25, 0.3) is 5.56 Å². The zero-order chi connectivity index (χ0) is 23.7. The topological polar surface area (TPSA) is 73.4 Å². The first-order chi connectivity index (χ1) is 16.5. The van der Waals surface area contributed by atoms with E-state index in [9.17, 15) is 4.79 Å². The van der Waals surface area contributed by atoms with Crippen molar-refractivity contribution in [3.8, 4) is 28.6 Å². The van der Waals surface area contributed by atoms with Gasteiger partial charge in [0.1, 0.15) is 29.6 Å². The van der Waals surface area contributed by atoms with E-state index in [4.69, 9.17) is 19.2 Å². The third kappa shape index (κ3) is 4.57. The standard InChI is InChI=1S/C26H25BrN2O4S/c1-15-7-9-17(10-8-15)32-11-12-33-23-19(27)13-16(14-20(23)31-2)24-28-25(30)22-18-5-3-4-6-21(18)34-26(22)29-24/h7-10,13-14H,3-6,11-12H2,1-2H3,(H,28,29,30). The molecule has 6 nitrogen and oxygen atoms in total. The summed E-state index contributed by atoms with van der Waals surface area (Å²) in [7, 11) is 1.59. The van der Waals surface area contributed by atoms with E-state index in [2.05, 4.69) is 20.9 Å². The SMILES string of the molecule is COc1cc(-c2nc3sc4c(c3c(=O)[nH]2)CCCC4)cc(Br)c1OCCOc1ccc(C)cc1. The van der Waals surface area contributed by atoms with Gasteiger partial charge in [-0.3, -0.25) is 4.79 Å². The maximum Gasteiger partial charge on any atom is 0.260 e. The molecule has 5 rings (SSSR count). The molecule has 0 saturated carbocycles. The molecule has 1 aliphatic carbocycles. The number of fused-ring (bicyclic) bond motifs is 3. The van der Waals surface area contributed by atoms with Crippen LogP contribution in [0.25, 0.3) is 21.6 Å². The van der Waals surface area contributed by atoms with Crippen LogP contribution in [0.1, 0.15) is 28.8 Å². The molecule has 0 bridgehead atoms. The second-order valence-electron chi connectivity index (χ2n) is 8.31. The van der Waals surface area contributed by atoms with Gasteiger partial charge in [0.05, 0.1) is 17.0 Å². The molecule has 0 atom stereocenters. The summed E-state index contributed by atoms with van der Waals surface area (Å²) < 4.78 is 18.0. The fourth-order valence-corrected chi connectivity index (χ4v) is 6.05. The number of nitrogens with one attached hydrogen (secondary N) is 1. The van der Waals surface area contributed by atoms with Crippen molar-refractivity contribution in [3.05, 3.63) is 67.2 Å². The molecule has 1 aliphatic rings. The number of halogens is 1. The number of nitrogens with zero attached hydrogens (tertiary/aromatic N) is 1. The molecule has 8 heteroatoms. The molecule has 0 fully saturated rings. The van der Waals surface area contributed by atoms with Crippen LogP contribution in [0, 0.1) is 6.92 Å². The Bertz CT molecular complexity index is 1390. The Morgan fingerprint density at radius 2 is 1.85 bits per heavy atom. The van der Waals surface area contributed by atoms with Gasteiger partial charge in [-0.1, -0.05) is 17.7 Å². The minimum atomic E-state index is -0.0805. The Hall–Kier alpha value is -2.84. The molecule has 0 saturated heterocycles. The summed E-state index contributed by atoms with van der Waals surface area (Å²) in [6, 6.07) is 11.6. The van der Waals surface area contributed by atoms with Gasteiger partial charge in [-0.25, -0.2) is 4.98 Å². The summed E-state index contributed by atoms with van der Waals surface area (Å²) in [6.07, 6.45) is 4.29. The van der Waals surface area contributed by atoms with Crippen molar-refractivity contribution in [2.45, 2.75) is 32.6 Å². The average molecular weight is 541 g/mol. The van der Waals surface area contributed by atoms with E-state index in [-0.39, 0.29) is 5.56 Å². The maximum atomic E-state index is 13.0. The number of hydrogen-bond donors (Lipinski definition) is 1. The second kappa shape index (κ2) is 9.80. The lowest BCUT2D eigenvalue weighted by molar-refractivity contribution is 0.210. The Kier molecular flexibility index (Phi) is 6.61. The normalized spacial score (nSPS) is 13.0. The molecule has 176 valence electrons. The Morgan fingerprint density at radius 1 is 1.09 bits per heavy atom. The fourth-order valence-electron chi connectivity index (χ4n) is 4.24. The van der Waals surface area contributed by atoms with E-state index >= 15 is 0 Å². The summed E-state index contributed by atoms with van der Waals surface area (Å²) in [5, 5.41) is 0.753. The highest BCUT2D eigenvalue weighted by atomic mass is 79.9. The summed E-state index contributed by atoms with van der Waals surface area (Å²) in [5.41, 5.74) is 3.04. The van der Waals surface area contributed by atoms with Gasteiger partial charge in [0, 0.05) is 10.4 Å². The highest BCUT2D eigenvalue weighted by Gasteiger charge is 2.21. The van der Waals surface area contributed by atoms with Crippen LogP contribution in [0.2, 0.25) is 0 Å². The smallest absolute Gasteiger partial charge is 0.260 e. The molecule has 34 heavy (non-hydrogen) atoms. The fraction of sp³-hybridized carbons (Fsp3) is 0.308. The van der Waals surface area contributed by atoms with E-state index in [1.54, 1.807) is 18.4 Å². The summed E-state index contributed by atoms with van der Waals surface area (Å²) >= 11 is 5.23.